The molecule has 9 heteroatoms. The number of methoxy groups -OCH3 is 1. The van der Waals surface area contributed by atoms with Crippen molar-refractivity contribution in [2.75, 3.05) is 19.0 Å². The summed E-state index contributed by atoms with van der Waals surface area (Å²) in [5.41, 5.74) is 3.55. The Labute approximate surface area is 197 Å². The predicted molar refractivity (Wildman–Crippen MR) is 127 cm³/mol. The van der Waals surface area contributed by atoms with Crippen LogP contribution in [0.4, 0.5) is 5.00 Å². The van der Waals surface area contributed by atoms with Crippen molar-refractivity contribution in [3.63, 3.8) is 0 Å². The van der Waals surface area contributed by atoms with Crippen LogP contribution in [0.25, 0.3) is 0 Å². The van der Waals surface area contributed by atoms with Crippen molar-refractivity contribution in [3.8, 4) is 0 Å². The van der Waals surface area contributed by atoms with Crippen LogP contribution in [-0.2, 0) is 27.7 Å². The van der Waals surface area contributed by atoms with Gasteiger partial charge in [0.15, 0.2) is 0 Å². The third kappa shape index (κ3) is 4.44. The molecule has 0 radical (unpaired) electrons. The number of anilines is 1. The van der Waals surface area contributed by atoms with Crippen molar-refractivity contribution in [1.29, 1.82) is 0 Å². The summed E-state index contributed by atoms with van der Waals surface area (Å²) in [6, 6.07) is 13.7. The van der Waals surface area contributed by atoms with E-state index in [2.05, 4.69) is 5.32 Å². The Morgan fingerprint density at radius 1 is 1.03 bits per heavy atom. The number of nitrogens with one attached hydrogen (secondary N) is 1. The van der Waals surface area contributed by atoms with Gasteiger partial charge in [0.25, 0.3) is 5.91 Å². The number of thiophene rings is 1. The minimum absolute atomic E-state index is 0.136. The van der Waals surface area contributed by atoms with E-state index in [9.17, 15) is 18.0 Å². The van der Waals surface area contributed by atoms with E-state index in [4.69, 9.17) is 4.74 Å². The Balaban J connectivity index is 1.52. The van der Waals surface area contributed by atoms with E-state index in [-0.39, 0.29) is 10.5 Å². The lowest BCUT2D eigenvalue weighted by Crippen LogP contribution is -2.35. The smallest absolute Gasteiger partial charge is 0.341 e. The largest absolute Gasteiger partial charge is 0.465 e. The quantitative estimate of drug-likeness (QED) is 0.549. The van der Waals surface area contributed by atoms with E-state index in [0.29, 0.717) is 30.1 Å². The summed E-state index contributed by atoms with van der Waals surface area (Å²) >= 11 is 1.29. The summed E-state index contributed by atoms with van der Waals surface area (Å²) in [4.78, 5) is 25.9. The highest BCUT2D eigenvalue weighted by molar-refractivity contribution is 7.89. The van der Waals surface area contributed by atoms with Crippen LogP contribution in [0.15, 0.2) is 53.4 Å². The van der Waals surface area contributed by atoms with Crippen molar-refractivity contribution in [2.45, 2.75) is 31.7 Å². The fourth-order valence-corrected chi connectivity index (χ4v) is 6.30. The number of rotatable bonds is 5. The molecule has 172 valence electrons. The Bertz CT molecular complexity index is 1330. The van der Waals surface area contributed by atoms with Crippen LogP contribution >= 0.6 is 11.3 Å². The molecule has 1 N–H and O–H groups in total. The van der Waals surface area contributed by atoms with Gasteiger partial charge < -0.3 is 10.1 Å². The highest BCUT2D eigenvalue weighted by atomic mass is 32.2. The summed E-state index contributed by atoms with van der Waals surface area (Å²) < 4.78 is 32.6. The Hall–Kier alpha value is -3.01. The first-order chi connectivity index (χ1) is 15.7. The summed E-state index contributed by atoms with van der Waals surface area (Å²) in [5, 5.41) is 3.16. The SMILES string of the molecule is COC(=O)c1c(NC(=O)c2ccc(S(=O)(=O)N3CCc4ccccc4C3)cc2)sc(C)c1C. The molecule has 1 aliphatic rings. The molecule has 1 aromatic heterocycles. The number of nitrogens with zero attached hydrogens (tertiary/aromatic N) is 1. The number of benzene rings is 2. The molecule has 2 heterocycles. The van der Waals surface area contributed by atoms with Gasteiger partial charge in [-0.05, 0) is 61.2 Å². The first-order valence-electron chi connectivity index (χ1n) is 10.4. The van der Waals surface area contributed by atoms with Crippen molar-refractivity contribution in [3.05, 3.63) is 81.2 Å². The summed E-state index contributed by atoms with van der Waals surface area (Å²) in [6.45, 7) is 4.40. The second-order valence-electron chi connectivity index (χ2n) is 7.81. The standard InChI is InChI=1S/C24H24N2O5S2/c1-15-16(2)32-23(21(15)24(28)31-3)25-22(27)18-8-10-20(11-9-18)33(29,30)26-13-12-17-6-4-5-7-19(17)14-26/h4-11H,12-14H2,1-3H3,(H,25,27). The molecule has 7 nitrogen and oxygen atoms in total. The van der Waals surface area contributed by atoms with Crippen LogP contribution in [-0.4, -0.2) is 38.3 Å². The predicted octanol–water partition coefficient (Wildman–Crippen LogP) is 4.15. The van der Waals surface area contributed by atoms with Crippen LogP contribution in [0.3, 0.4) is 0 Å². The molecular weight excluding hydrogens is 460 g/mol. The number of hydrogen-bond donors (Lipinski definition) is 1. The molecule has 3 aromatic rings. The van der Waals surface area contributed by atoms with Gasteiger partial charge in [-0.2, -0.15) is 4.31 Å². The lowest BCUT2D eigenvalue weighted by molar-refractivity contribution is 0.0601. The molecule has 0 saturated carbocycles. The minimum Gasteiger partial charge on any atom is -0.465 e. The van der Waals surface area contributed by atoms with Gasteiger partial charge in [0.05, 0.1) is 17.6 Å². The monoisotopic (exact) mass is 484 g/mol. The molecule has 1 amide bonds. The zero-order chi connectivity index (χ0) is 23.8. The summed E-state index contributed by atoms with van der Waals surface area (Å²) in [7, 11) is -2.40. The third-order valence-electron chi connectivity index (χ3n) is 5.85. The van der Waals surface area contributed by atoms with E-state index < -0.39 is 21.9 Å². The van der Waals surface area contributed by atoms with Gasteiger partial charge in [0.2, 0.25) is 10.0 Å². The first kappa shape index (κ1) is 23.2. The van der Waals surface area contributed by atoms with Gasteiger partial charge >= 0.3 is 5.97 Å². The van der Waals surface area contributed by atoms with Crippen molar-refractivity contribution in [2.24, 2.45) is 0 Å². The van der Waals surface area contributed by atoms with E-state index in [1.807, 2.05) is 31.2 Å². The molecule has 0 saturated heterocycles. The maximum atomic E-state index is 13.1. The topological polar surface area (TPSA) is 92.8 Å². The molecule has 0 atom stereocenters. The summed E-state index contributed by atoms with van der Waals surface area (Å²) in [5.74, 6) is -0.950. The van der Waals surface area contributed by atoms with Crippen LogP contribution < -0.4 is 5.32 Å². The molecule has 0 spiro atoms. The molecule has 1 aliphatic heterocycles. The minimum atomic E-state index is -3.69. The lowest BCUT2D eigenvalue weighted by Gasteiger charge is -2.28. The maximum absolute atomic E-state index is 13.1. The van der Waals surface area contributed by atoms with Crippen molar-refractivity contribution >= 4 is 38.2 Å². The number of aryl methyl sites for hydroxylation is 1. The highest BCUT2D eigenvalue weighted by Gasteiger charge is 2.28. The number of hydrogen-bond acceptors (Lipinski definition) is 6. The normalized spacial score (nSPS) is 13.9. The van der Waals surface area contributed by atoms with Gasteiger partial charge in [-0.25, -0.2) is 13.2 Å². The molecule has 0 fully saturated rings. The summed E-state index contributed by atoms with van der Waals surface area (Å²) in [6.07, 6.45) is 0.665. The zero-order valence-electron chi connectivity index (χ0n) is 18.5. The molecule has 0 aliphatic carbocycles. The number of fused-ring (bicyclic) bond motifs is 1. The number of amides is 1. The number of ether oxygens (including phenoxy) is 1. The van der Waals surface area contributed by atoms with E-state index in [1.165, 1.54) is 52.6 Å². The molecule has 0 bridgehead atoms. The van der Waals surface area contributed by atoms with Gasteiger partial charge in [0.1, 0.15) is 5.00 Å². The number of sulfonamides is 1. The average Bonchev–Trinajstić information content (AvgIpc) is 3.10. The molecule has 4 rings (SSSR count). The second-order valence-corrected chi connectivity index (χ2v) is 11.0. The first-order valence-corrected chi connectivity index (χ1v) is 12.6. The molecule has 2 aromatic carbocycles. The van der Waals surface area contributed by atoms with Crippen LogP contribution in [0.5, 0.6) is 0 Å². The number of carbonyl (C=O) groups is 2. The van der Waals surface area contributed by atoms with Gasteiger partial charge in [-0.1, -0.05) is 24.3 Å². The lowest BCUT2D eigenvalue weighted by atomic mass is 10.0. The van der Waals surface area contributed by atoms with Gasteiger partial charge in [-0.15, -0.1) is 11.3 Å². The molecule has 33 heavy (non-hydrogen) atoms. The third-order valence-corrected chi connectivity index (χ3v) is 8.83. The van der Waals surface area contributed by atoms with Crippen LogP contribution in [0.1, 0.15) is 42.3 Å². The average molecular weight is 485 g/mol. The Morgan fingerprint density at radius 2 is 1.70 bits per heavy atom. The Morgan fingerprint density at radius 3 is 2.36 bits per heavy atom. The van der Waals surface area contributed by atoms with E-state index >= 15 is 0 Å². The molecule has 0 unspecified atom stereocenters. The van der Waals surface area contributed by atoms with Crippen LogP contribution in [0, 0.1) is 13.8 Å². The fraction of sp³-hybridized carbons (Fsp3) is 0.250. The van der Waals surface area contributed by atoms with E-state index in [0.717, 1.165) is 16.0 Å². The zero-order valence-corrected chi connectivity index (χ0v) is 20.2. The highest BCUT2D eigenvalue weighted by Crippen LogP contribution is 2.33. The van der Waals surface area contributed by atoms with Crippen molar-refractivity contribution < 1.29 is 22.7 Å². The van der Waals surface area contributed by atoms with Crippen molar-refractivity contribution in [1.82, 2.24) is 4.31 Å². The van der Waals surface area contributed by atoms with E-state index in [1.54, 1.807) is 6.92 Å². The maximum Gasteiger partial charge on any atom is 0.341 e. The van der Waals surface area contributed by atoms with Gasteiger partial charge in [-0.3, -0.25) is 4.79 Å². The number of carbonyl (C=O) groups excluding carboxylic acids is 2. The number of esters is 1. The fourth-order valence-electron chi connectivity index (χ4n) is 3.84. The molecular formula is C24H24N2O5S2. The van der Waals surface area contributed by atoms with Crippen LogP contribution in [0.2, 0.25) is 0 Å². The Kier molecular flexibility index (Phi) is 6.38. The van der Waals surface area contributed by atoms with Gasteiger partial charge in [0, 0.05) is 23.5 Å². The second kappa shape index (κ2) is 9.09.